The summed E-state index contributed by atoms with van der Waals surface area (Å²) in [5, 5.41) is 29.6. The third kappa shape index (κ3) is 9.71. The molecule has 0 radical (unpaired) electrons. The molecule has 0 saturated carbocycles. The minimum atomic E-state index is -0.481. The van der Waals surface area contributed by atoms with Crippen molar-refractivity contribution in [3.63, 3.8) is 0 Å². The summed E-state index contributed by atoms with van der Waals surface area (Å²) in [7, 11) is 0. The van der Waals surface area contributed by atoms with Crippen LogP contribution in [0, 0.1) is 48.5 Å². The van der Waals surface area contributed by atoms with Crippen molar-refractivity contribution in [3.05, 3.63) is 137 Å². The average molecular weight is 1030 g/mol. The van der Waals surface area contributed by atoms with Crippen LogP contribution in [0.1, 0.15) is 135 Å². The molecule has 7 aromatic rings. The number of fused-ring (bicyclic) bond motifs is 7. The number of ketones is 1. The summed E-state index contributed by atoms with van der Waals surface area (Å²) in [4.78, 5) is 43.9. The third-order valence-electron chi connectivity index (χ3n) is 14.2. The summed E-state index contributed by atoms with van der Waals surface area (Å²) in [6, 6.07) is 14.7. The largest absolute Gasteiger partial charge is 0.333 e. The van der Waals surface area contributed by atoms with Crippen molar-refractivity contribution >= 4 is 69.0 Å². The van der Waals surface area contributed by atoms with Crippen LogP contribution in [0.25, 0.3) is 10.0 Å². The molecule has 0 aliphatic carbocycles. The van der Waals surface area contributed by atoms with Gasteiger partial charge in [0.2, 0.25) is 5.91 Å². The number of carbonyl (C=O) groups is 2. The number of amides is 1. The Labute approximate surface area is 431 Å². The highest BCUT2D eigenvalue weighted by Gasteiger charge is 2.35. The molecule has 15 nitrogen and oxygen atoms in total. The molecule has 2 aromatic carbocycles. The number of hydrogen-bond acceptors (Lipinski definition) is 13. The lowest BCUT2D eigenvalue weighted by Gasteiger charge is -2.28. The van der Waals surface area contributed by atoms with Gasteiger partial charge in [-0.3, -0.25) is 28.7 Å². The molecule has 2 atom stereocenters. The molecule has 0 bridgehead atoms. The van der Waals surface area contributed by atoms with E-state index in [1.165, 1.54) is 46.8 Å². The Morgan fingerprint density at radius 3 is 1.65 bits per heavy atom. The molecule has 1 saturated heterocycles. The number of halogens is 2. The van der Waals surface area contributed by atoms with Gasteiger partial charge in [-0.1, -0.05) is 47.5 Å². The lowest BCUT2D eigenvalue weighted by Crippen LogP contribution is -2.39. The maximum absolute atomic E-state index is 13.6. The molecular formula is C52H57Cl2N13O2S2. The Kier molecular flexibility index (Phi) is 14.1. The van der Waals surface area contributed by atoms with Gasteiger partial charge in [0.1, 0.15) is 45.3 Å². The molecule has 1 fully saturated rings. The Morgan fingerprint density at radius 1 is 0.606 bits per heavy atom. The van der Waals surface area contributed by atoms with Crippen LogP contribution >= 0.6 is 45.9 Å². The number of aryl methyl sites for hydroxylation is 5. The zero-order valence-corrected chi connectivity index (χ0v) is 44.3. The molecule has 0 unspecified atom stereocenters. The fraction of sp³-hybridized carbons (Fsp3) is 0.423. The predicted molar refractivity (Wildman–Crippen MR) is 280 cm³/mol. The number of hydrogen-bond donors (Lipinski definition) is 0. The number of unbranched alkanes of at least 4 members (excludes halogenated alkanes) is 1. The molecular weight excluding hydrogens is 974 g/mol. The van der Waals surface area contributed by atoms with Gasteiger partial charge in [0.15, 0.2) is 17.5 Å². The number of aliphatic imine (C=N–C) groups is 2. The van der Waals surface area contributed by atoms with E-state index in [1.807, 2.05) is 74.2 Å². The molecule has 19 heteroatoms. The first-order chi connectivity index (χ1) is 34.2. The number of rotatable bonds is 11. The van der Waals surface area contributed by atoms with Crippen molar-refractivity contribution in [1.82, 2.24) is 54.1 Å². The summed E-state index contributed by atoms with van der Waals surface area (Å²) in [5.41, 5.74) is 8.22. The average Bonchev–Trinajstić information content (AvgIpc) is 4.22. The van der Waals surface area contributed by atoms with E-state index >= 15 is 0 Å². The first-order valence-corrected chi connectivity index (χ1v) is 26.8. The number of thiophene rings is 2. The highest BCUT2D eigenvalue weighted by molar-refractivity contribution is 7.15. The first kappa shape index (κ1) is 48.9. The van der Waals surface area contributed by atoms with Crippen LogP contribution in [0.2, 0.25) is 10.0 Å². The van der Waals surface area contributed by atoms with E-state index in [0.29, 0.717) is 48.3 Å². The van der Waals surface area contributed by atoms with Crippen molar-refractivity contribution in [2.75, 3.05) is 26.2 Å². The van der Waals surface area contributed by atoms with Crippen LogP contribution in [0.4, 0.5) is 0 Å². The van der Waals surface area contributed by atoms with Gasteiger partial charge in [0.05, 0.1) is 24.4 Å². The fourth-order valence-electron chi connectivity index (χ4n) is 10.1. The second kappa shape index (κ2) is 20.4. The van der Waals surface area contributed by atoms with E-state index < -0.39 is 6.04 Å². The SMILES string of the molecule is Cc1sc2c(c1C)C(c1ccc(Cl)cc1)=N[C@@H](CC(=O)CCCCN1CCCC1)c1nnc(C)n1-2.Cc1sc2c(c1C)C(c1ccc(Cl)cc1)=N[C@@H](CC(=O)N1CCn3c(C)nnc3C1)c1nnc(C)n1-2. The van der Waals surface area contributed by atoms with E-state index in [-0.39, 0.29) is 24.2 Å². The van der Waals surface area contributed by atoms with Crippen LogP contribution in [-0.2, 0) is 22.7 Å². The number of carbonyl (C=O) groups excluding carboxylic acids is 2. The molecule has 4 aliphatic rings. The monoisotopic (exact) mass is 1030 g/mol. The third-order valence-corrected chi connectivity index (χ3v) is 17.1. The predicted octanol–water partition coefficient (Wildman–Crippen LogP) is 10.2. The molecule has 71 heavy (non-hydrogen) atoms. The number of aromatic nitrogens is 9. The van der Waals surface area contributed by atoms with Crippen LogP contribution in [0.3, 0.4) is 0 Å². The summed E-state index contributed by atoms with van der Waals surface area (Å²) < 4.78 is 6.24. The maximum Gasteiger partial charge on any atom is 0.225 e. The van der Waals surface area contributed by atoms with Gasteiger partial charge in [0, 0.05) is 68.0 Å². The lowest BCUT2D eigenvalue weighted by molar-refractivity contribution is -0.133. The van der Waals surface area contributed by atoms with E-state index in [9.17, 15) is 9.59 Å². The Bertz CT molecular complexity index is 3210. The maximum atomic E-state index is 13.6. The number of Topliss-reactive ketones (excluding diaryl/α,β-unsaturated/α-hetero) is 1. The Morgan fingerprint density at radius 2 is 1.11 bits per heavy atom. The lowest BCUT2D eigenvalue weighted by atomic mass is 9.99. The molecule has 368 valence electrons. The normalized spacial score (nSPS) is 17.2. The van der Waals surface area contributed by atoms with Crippen molar-refractivity contribution in [3.8, 4) is 10.0 Å². The van der Waals surface area contributed by atoms with Gasteiger partial charge < -0.3 is 14.4 Å². The molecule has 11 rings (SSSR count). The van der Waals surface area contributed by atoms with E-state index in [0.717, 1.165) is 92.2 Å². The summed E-state index contributed by atoms with van der Waals surface area (Å²) in [5.74, 6) is 4.96. The number of nitrogens with zero attached hydrogens (tertiary/aromatic N) is 13. The van der Waals surface area contributed by atoms with Gasteiger partial charge >= 0.3 is 0 Å². The highest BCUT2D eigenvalue weighted by Crippen LogP contribution is 2.42. The molecule has 4 aliphatic heterocycles. The second-order valence-electron chi connectivity index (χ2n) is 18.9. The smallest absolute Gasteiger partial charge is 0.225 e. The number of likely N-dealkylation sites (tertiary alicyclic amines) is 1. The van der Waals surface area contributed by atoms with E-state index in [4.69, 9.17) is 33.2 Å². The highest BCUT2D eigenvalue weighted by atomic mass is 35.5. The minimum Gasteiger partial charge on any atom is -0.333 e. The zero-order chi connectivity index (χ0) is 49.7. The van der Waals surface area contributed by atoms with E-state index in [2.05, 4.69) is 76.9 Å². The van der Waals surface area contributed by atoms with Gasteiger partial charge in [-0.2, -0.15) is 0 Å². The van der Waals surface area contributed by atoms with Gasteiger partial charge in [-0.05, 0) is 129 Å². The molecule has 1 amide bonds. The van der Waals surface area contributed by atoms with Crippen LogP contribution < -0.4 is 0 Å². The Hall–Kier alpha value is -5.72. The van der Waals surface area contributed by atoms with Crippen LogP contribution in [0.5, 0.6) is 0 Å². The van der Waals surface area contributed by atoms with Crippen LogP contribution in [0.15, 0.2) is 58.5 Å². The summed E-state index contributed by atoms with van der Waals surface area (Å²) >= 11 is 15.8. The quantitative estimate of drug-likeness (QED) is 0.115. The molecule has 5 aromatic heterocycles. The van der Waals surface area contributed by atoms with E-state index in [1.54, 1.807) is 22.7 Å². The van der Waals surface area contributed by atoms with Crippen LogP contribution in [-0.4, -0.2) is 103 Å². The van der Waals surface area contributed by atoms with Crippen molar-refractivity contribution < 1.29 is 9.59 Å². The molecule has 0 spiro atoms. The summed E-state index contributed by atoms with van der Waals surface area (Å²) in [6.45, 7) is 19.6. The van der Waals surface area contributed by atoms with Gasteiger partial charge in [-0.15, -0.1) is 53.3 Å². The van der Waals surface area contributed by atoms with Crippen molar-refractivity contribution in [2.45, 2.75) is 119 Å². The van der Waals surface area contributed by atoms with Crippen molar-refractivity contribution in [2.24, 2.45) is 9.98 Å². The van der Waals surface area contributed by atoms with Crippen molar-refractivity contribution in [1.29, 1.82) is 0 Å². The first-order valence-electron chi connectivity index (χ1n) is 24.4. The Balaban J connectivity index is 0.000000164. The molecule has 0 N–H and O–H groups in total. The zero-order valence-electron chi connectivity index (χ0n) is 41.2. The fourth-order valence-corrected chi connectivity index (χ4v) is 12.7. The van der Waals surface area contributed by atoms with Gasteiger partial charge in [0.25, 0.3) is 0 Å². The van der Waals surface area contributed by atoms with Gasteiger partial charge in [-0.25, -0.2) is 0 Å². The molecule has 9 heterocycles. The standard InChI is InChI=1S/C27H32ClN5OS.C25H25ClN8OS/c1-17-18(2)35-27-24(17)25(20-9-11-21(28)12-10-20)29-23(26-31-30-19(3)33(26)27)16-22(34)8-4-5-13-32-14-6-7-15-32;1-13-14(2)36-25-22(13)23(17-5-7-18(26)8-6-17)27-19(24-31-29-16(4)34(24)25)11-21(35)32-9-10-33-15(3)28-30-20(33)12-32/h9-12,23H,4-8,13-16H2,1-3H3;5-8,19H,9-12H2,1-4H3/t23-;19-/m00/s1. The number of benzene rings is 2. The second-order valence-corrected chi connectivity index (χ2v) is 22.2. The minimum absolute atomic E-state index is 0.0106. The topological polar surface area (TPSA) is 157 Å². The summed E-state index contributed by atoms with van der Waals surface area (Å²) in [6.07, 6.45) is 5.72.